The Kier molecular flexibility index (Phi) is 3.39. The quantitative estimate of drug-likeness (QED) is 0.890. The Labute approximate surface area is 115 Å². The summed E-state index contributed by atoms with van der Waals surface area (Å²) in [6, 6.07) is 17.6. The largest absolute Gasteiger partial charge is 0.327 e. The number of aryl methyl sites for hydroxylation is 1. The molecule has 0 heterocycles. The molecule has 0 saturated heterocycles. The fraction of sp³-hybridized carbons (Fsp3) is 0.333. The second kappa shape index (κ2) is 5.18. The molecular formula is C18H21N. The first-order chi connectivity index (χ1) is 9.24. The van der Waals surface area contributed by atoms with E-state index in [1.54, 1.807) is 0 Å². The van der Waals surface area contributed by atoms with E-state index < -0.39 is 0 Å². The minimum atomic E-state index is 0.258. The van der Waals surface area contributed by atoms with Crippen molar-refractivity contribution in [2.75, 3.05) is 0 Å². The van der Waals surface area contributed by atoms with Crippen LogP contribution >= 0.6 is 0 Å². The Balaban J connectivity index is 1.70. The lowest BCUT2D eigenvalue weighted by Crippen LogP contribution is -2.33. The minimum absolute atomic E-state index is 0.258. The summed E-state index contributed by atoms with van der Waals surface area (Å²) >= 11 is 0. The van der Waals surface area contributed by atoms with Crippen LogP contribution in [0.15, 0.2) is 48.5 Å². The zero-order valence-corrected chi connectivity index (χ0v) is 11.5. The van der Waals surface area contributed by atoms with Crippen LogP contribution in [-0.4, -0.2) is 6.04 Å². The van der Waals surface area contributed by atoms with Crippen molar-refractivity contribution >= 4 is 0 Å². The molecular weight excluding hydrogens is 230 g/mol. The molecule has 0 fully saturated rings. The Morgan fingerprint density at radius 2 is 1.58 bits per heavy atom. The van der Waals surface area contributed by atoms with Crippen LogP contribution in [0.5, 0.6) is 0 Å². The van der Waals surface area contributed by atoms with Crippen molar-refractivity contribution in [3.63, 3.8) is 0 Å². The molecule has 98 valence electrons. The Bertz CT molecular complexity index is 548. The lowest BCUT2D eigenvalue weighted by Gasteiger charge is -2.19. The highest BCUT2D eigenvalue weighted by molar-refractivity contribution is 5.33. The maximum atomic E-state index is 6.46. The molecule has 2 aromatic rings. The summed E-state index contributed by atoms with van der Waals surface area (Å²) in [5, 5.41) is 0. The molecule has 0 spiro atoms. The molecule has 0 radical (unpaired) electrons. The molecule has 1 nitrogen and oxygen atoms in total. The Morgan fingerprint density at radius 1 is 1.00 bits per heavy atom. The highest BCUT2D eigenvalue weighted by Gasteiger charge is 2.26. The van der Waals surface area contributed by atoms with Gasteiger partial charge in [0.05, 0.1) is 0 Å². The van der Waals surface area contributed by atoms with Crippen molar-refractivity contribution in [2.45, 2.75) is 32.2 Å². The van der Waals surface area contributed by atoms with E-state index >= 15 is 0 Å². The van der Waals surface area contributed by atoms with Gasteiger partial charge >= 0.3 is 0 Å². The van der Waals surface area contributed by atoms with Gasteiger partial charge in [0.25, 0.3) is 0 Å². The summed E-state index contributed by atoms with van der Waals surface area (Å²) in [7, 11) is 0. The standard InChI is InChI=1S/C18H21N/c1-13-6-2-3-7-14(13)12-18(19)17-10-15-8-4-5-9-16(15)11-17/h2-9,17-18H,10-12,19H2,1H3. The zero-order chi connectivity index (χ0) is 13.2. The number of hydrogen-bond acceptors (Lipinski definition) is 1. The van der Waals surface area contributed by atoms with Crippen LogP contribution in [0.25, 0.3) is 0 Å². The third-order valence-electron chi connectivity index (χ3n) is 4.40. The molecule has 1 unspecified atom stereocenters. The first-order valence-corrected chi connectivity index (χ1v) is 7.11. The second-order valence-corrected chi connectivity index (χ2v) is 5.73. The normalized spacial score (nSPS) is 16.3. The van der Waals surface area contributed by atoms with Crippen molar-refractivity contribution in [1.82, 2.24) is 0 Å². The molecule has 19 heavy (non-hydrogen) atoms. The summed E-state index contributed by atoms with van der Waals surface area (Å²) < 4.78 is 0. The van der Waals surface area contributed by atoms with Gasteiger partial charge in [0, 0.05) is 6.04 Å². The molecule has 0 saturated carbocycles. The number of fused-ring (bicyclic) bond motifs is 1. The zero-order valence-electron chi connectivity index (χ0n) is 11.5. The fourth-order valence-corrected chi connectivity index (χ4v) is 3.16. The van der Waals surface area contributed by atoms with E-state index in [4.69, 9.17) is 5.73 Å². The predicted octanol–water partition coefficient (Wildman–Crippen LogP) is 3.28. The van der Waals surface area contributed by atoms with E-state index in [9.17, 15) is 0 Å². The van der Waals surface area contributed by atoms with Gasteiger partial charge in [0.15, 0.2) is 0 Å². The molecule has 1 atom stereocenters. The molecule has 3 rings (SSSR count). The van der Waals surface area contributed by atoms with Gasteiger partial charge in [-0.15, -0.1) is 0 Å². The lowest BCUT2D eigenvalue weighted by atomic mass is 9.90. The van der Waals surface area contributed by atoms with Crippen LogP contribution in [0.4, 0.5) is 0 Å². The van der Waals surface area contributed by atoms with Crippen molar-refractivity contribution in [3.05, 3.63) is 70.8 Å². The topological polar surface area (TPSA) is 26.0 Å². The van der Waals surface area contributed by atoms with Crippen molar-refractivity contribution < 1.29 is 0 Å². The summed E-state index contributed by atoms with van der Waals surface area (Å²) in [4.78, 5) is 0. The predicted molar refractivity (Wildman–Crippen MR) is 80.2 cm³/mol. The average molecular weight is 251 g/mol. The van der Waals surface area contributed by atoms with E-state index in [1.165, 1.54) is 22.3 Å². The minimum Gasteiger partial charge on any atom is -0.327 e. The number of rotatable bonds is 3. The van der Waals surface area contributed by atoms with E-state index in [2.05, 4.69) is 55.5 Å². The summed E-state index contributed by atoms with van der Waals surface area (Å²) in [6.07, 6.45) is 3.28. The average Bonchev–Trinajstić information content (AvgIpc) is 2.85. The van der Waals surface area contributed by atoms with Gasteiger partial charge in [-0.3, -0.25) is 0 Å². The van der Waals surface area contributed by atoms with Crippen LogP contribution in [0.1, 0.15) is 22.3 Å². The summed E-state index contributed by atoms with van der Waals surface area (Å²) in [6.45, 7) is 2.17. The Morgan fingerprint density at radius 3 is 2.21 bits per heavy atom. The van der Waals surface area contributed by atoms with Gasteiger partial charge < -0.3 is 5.73 Å². The maximum absolute atomic E-state index is 6.46. The van der Waals surface area contributed by atoms with Crippen LogP contribution in [-0.2, 0) is 19.3 Å². The van der Waals surface area contributed by atoms with E-state index in [1.807, 2.05) is 0 Å². The van der Waals surface area contributed by atoms with Crippen LogP contribution in [0.2, 0.25) is 0 Å². The number of benzene rings is 2. The molecule has 2 aromatic carbocycles. The molecule has 1 aliphatic carbocycles. The van der Waals surface area contributed by atoms with Crippen LogP contribution < -0.4 is 5.73 Å². The van der Waals surface area contributed by atoms with E-state index in [-0.39, 0.29) is 6.04 Å². The van der Waals surface area contributed by atoms with Crippen molar-refractivity contribution in [1.29, 1.82) is 0 Å². The number of hydrogen-bond donors (Lipinski definition) is 1. The second-order valence-electron chi connectivity index (χ2n) is 5.73. The summed E-state index contributed by atoms with van der Waals surface area (Å²) in [5.41, 5.74) is 12.2. The van der Waals surface area contributed by atoms with Crippen molar-refractivity contribution in [2.24, 2.45) is 11.7 Å². The smallest absolute Gasteiger partial charge is 0.0114 e. The maximum Gasteiger partial charge on any atom is 0.0114 e. The lowest BCUT2D eigenvalue weighted by molar-refractivity contribution is 0.436. The Hall–Kier alpha value is -1.60. The van der Waals surface area contributed by atoms with Crippen LogP contribution in [0, 0.1) is 12.8 Å². The van der Waals surface area contributed by atoms with Gasteiger partial charge in [-0.1, -0.05) is 48.5 Å². The van der Waals surface area contributed by atoms with Gasteiger partial charge in [0.2, 0.25) is 0 Å². The van der Waals surface area contributed by atoms with Gasteiger partial charge in [-0.25, -0.2) is 0 Å². The van der Waals surface area contributed by atoms with Crippen LogP contribution in [0.3, 0.4) is 0 Å². The van der Waals surface area contributed by atoms with E-state index in [0.717, 1.165) is 19.3 Å². The summed E-state index contributed by atoms with van der Waals surface area (Å²) in [5.74, 6) is 0.594. The molecule has 0 amide bonds. The fourth-order valence-electron chi connectivity index (χ4n) is 3.16. The number of nitrogens with two attached hydrogens (primary N) is 1. The van der Waals surface area contributed by atoms with Gasteiger partial charge in [-0.05, 0) is 54.4 Å². The third-order valence-corrected chi connectivity index (χ3v) is 4.40. The molecule has 1 heteroatoms. The van der Waals surface area contributed by atoms with E-state index in [0.29, 0.717) is 5.92 Å². The SMILES string of the molecule is Cc1ccccc1CC(N)C1Cc2ccccc2C1. The van der Waals surface area contributed by atoms with Crippen molar-refractivity contribution in [3.8, 4) is 0 Å². The molecule has 2 N–H and O–H groups in total. The molecule has 0 aromatic heterocycles. The first kappa shape index (κ1) is 12.4. The highest BCUT2D eigenvalue weighted by atomic mass is 14.7. The third kappa shape index (κ3) is 2.57. The monoisotopic (exact) mass is 251 g/mol. The first-order valence-electron chi connectivity index (χ1n) is 7.11. The molecule has 1 aliphatic rings. The van der Waals surface area contributed by atoms with Gasteiger partial charge in [0.1, 0.15) is 0 Å². The molecule has 0 aliphatic heterocycles. The van der Waals surface area contributed by atoms with Gasteiger partial charge in [-0.2, -0.15) is 0 Å². The highest BCUT2D eigenvalue weighted by Crippen LogP contribution is 2.29. The molecule has 0 bridgehead atoms.